The van der Waals surface area contributed by atoms with Crippen LogP contribution in [0.25, 0.3) is 0 Å². The van der Waals surface area contributed by atoms with Crippen molar-refractivity contribution in [2.75, 3.05) is 13.2 Å². The molecule has 0 bridgehead atoms. The smallest absolute Gasteiger partial charge is 0.326 e. The van der Waals surface area contributed by atoms with E-state index in [1.165, 1.54) is 0 Å². The molecule has 2 atom stereocenters. The normalized spacial score (nSPS) is 17.9. The number of carbonyl (C=O) groups is 2. The van der Waals surface area contributed by atoms with Gasteiger partial charge in [-0.25, -0.2) is 9.59 Å². The highest BCUT2D eigenvalue weighted by atomic mass is 16.5. The molecule has 1 rings (SSSR count). The van der Waals surface area contributed by atoms with E-state index in [0.717, 1.165) is 12.8 Å². The largest absolute Gasteiger partial charge is 0.480 e. The van der Waals surface area contributed by atoms with Gasteiger partial charge in [0.25, 0.3) is 0 Å². The molecule has 0 heterocycles. The van der Waals surface area contributed by atoms with Gasteiger partial charge in [0.15, 0.2) is 0 Å². The van der Waals surface area contributed by atoms with Gasteiger partial charge in [0.2, 0.25) is 0 Å². The van der Waals surface area contributed by atoms with Crippen LogP contribution in [0.15, 0.2) is 0 Å². The topological polar surface area (TPSA) is 87.7 Å². The SMILES string of the molecule is CCOCC(C)NC(=O)N[C@@H](CC1CC1)C(=O)O. The predicted octanol–water partition coefficient (Wildman–Crippen LogP) is 0.964. The van der Waals surface area contributed by atoms with Gasteiger partial charge in [-0.1, -0.05) is 12.8 Å². The zero-order chi connectivity index (χ0) is 13.5. The summed E-state index contributed by atoms with van der Waals surface area (Å²) in [5.74, 6) is -0.526. The number of hydrogen-bond donors (Lipinski definition) is 3. The number of hydrogen-bond acceptors (Lipinski definition) is 3. The standard InChI is InChI=1S/C12H22N2O4/c1-3-18-7-8(2)13-12(17)14-10(11(15)16)6-9-4-5-9/h8-10H,3-7H2,1-2H3,(H,15,16)(H2,13,14,17)/t8?,10-/m0/s1. The minimum atomic E-state index is -0.977. The van der Waals surface area contributed by atoms with E-state index in [9.17, 15) is 9.59 Å². The van der Waals surface area contributed by atoms with Crippen LogP contribution in [0, 0.1) is 5.92 Å². The molecule has 18 heavy (non-hydrogen) atoms. The Morgan fingerprint density at radius 2 is 2.06 bits per heavy atom. The molecule has 0 aromatic rings. The van der Waals surface area contributed by atoms with E-state index in [1.54, 1.807) is 0 Å². The van der Waals surface area contributed by atoms with Gasteiger partial charge < -0.3 is 20.5 Å². The summed E-state index contributed by atoms with van der Waals surface area (Å²) in [6.45, 7) is 4.70. The number of rotatable bonds is 8. The zero-order valence-corrected chi connectivity index (χ0v) is 10.9. The summed E-state index contributed by atoms with van der Waals surface area (Å²) in [6, 6.07) is -1.38. The molecule has 0 aliphatic heterocycles. The zero-order valence-electron chi connectivity index (χ0n) is 10.9. The molecule has 0 saturated heterocycles. The summed E-state index contributed by atoms with van der Waals surface area (Å²) in [5.41, 5.74) is 0. The average Bonchev–Trinajstić information content (AvgIpc) is 3.09. The number of urea groups is 1. The maximum atomic E-state index is 11.6. The van der Waals surface area contributed by atoms with Crippen LogP contribution in [0.5, 0.6) is 0 Å². The molecule has 3 N–H and O–H groups in total. The van der Waals surface area contributed by atoms with Gasteiger partial charge in [-0.3, -0.25) is 0 Å². The van der Waals surface area contributed by atoms with Gasteiger partial charge >= 0.3 is 12.0 Å². The second-order valence-corrected chi connectivity index (χ2v) is 4.75. The van der Waals surface area contributed by atoms with Crippen molar-refractivity contribution in [3.63, 3.8) is 0 Å². The Kier molecular flexibility index (Phi) is 5.91. The van der Waals surface area contributed by atoms with Gasteiger partial charge in [-0.15, -0.1) is 0 Å². The number of amides is 2. The van der Waals surface area contributed by atoms with Gasteiger partial charge in [-0.2, -0.15) is 0 Å². The highest BCUT2D eigenvalue weighted by molar-refractivity contribution is 5.82. The van der Waals surface area contributed by atoms with Gasteiger partial charge in [-0.05, 0) is 26.2 Å². The molecule has 2 amide bonds. The van der Waals surface area contributed by atoms with E-state index in [2.05, 4.69) is 10.6 Å². The predicted molar refractivity (Wildman–Crippen MR) is 66.4 cm³/mol. The van der Waals surface area contributed by atoms with E-state index in [4.69, 9.17) is 9.84 Å². The van der Waals surface area contributed by atoms with Crippen molar-refractivity contribution in [1.82, 2.24) is 10.6 Å². The first kappa shape index (κ1) is 14.8. The molecule has 6 nitrogen and oxygen atoms in total. The average molecular weight is 258 g/mol. The Balaban J connectivity index is 2.28. The molecule has 0 spiro atoms. The summed E-state index contributed by atoms with van der Waals surface area (Å²) in [7, 11) is 0. The van der Waals surface area contributed by atoms with E-state index < -0.39 is 18.0 Å². The number of nitrogens with one attached hydrogen (secondary N) is 2. The van der Waals surface area contributed by atoms with Crippen LogP contribution in [0.3, 0.4) is 0 Å². The molecule has 0 aromatic heterocycles. The number of carbonyl (C=O) groups excluding carboxylic acids is 1. The fourth-order valence-electron chi connectivity index (χ4n) is 1.67. The summed E-state index contributed by atoms with van der Waals surface area (Å²) in [5, 5.41) is 14.2. The molecule has 1 unspecified atom stereocenters. The van der Waals surface area contributed by atoms with E-state index in [0.29, 0.717) is 25.6 Å². The molecule has 0 radical (unpaired) electrons. The van der Waals surface area contributed by atoms with Crippen LogP contribution < -0.4 is 10.6 Å². The maximum absolute atomic E-state index is 11.6. The maximum Gasteiger partial charge on any atom is 0.326 e. The van der Waals surface area contributed by atoms with Gasteiger partial charge in [0, 0.05) is 6.61 Å². The Hall–Kier alpha value is -1.30. The molecule has 0 aromatic carbocycles. The molecular weight excluding hydrogens is 236 g/mol. The summed E-state index contributed by atoms with van der Waals surface area (Å²) < 4.78 is 5.16. The second-order valence-electron chi connectivity index (χ2n) is 4.75. The lowest BCUT2D eigenvalue weighted by Crippen LogP contribution is -2.49. The van der Waals surface area contributed by atoms with Gasteiger partial charge in [0.05, 0.1) is 12.6 Å². The summed E-state index contributed by atoms with van der Waals surface area (Å²) in [4.78, 5) is 22.6. The molecule has 1 aliphatic rings. The van der Waals surface area contributed by atoms with E-state index in [-0.39, 0.29) is 6.04 Å². The number of aliphatic carboxylic acids is 1. The first-order chi connectivity index (χ1) is 8.52. The van der Waals surface area contributed by atoms with Crippen molar-refractivity contribution in [3.8, 4) is 0 Å². The van der Waals surface area contributed by atoms with Crippen LogP contribution in [0.4, 0.5) is 4.79 Å². The van der Waals surface area contributed by atoms with Crippen molar-refractivity contribution in [2.45, 2.75) is 45.2 Å². The van der Waals surface area contributed by atoms with Crippen molar-refractivity contribution >= 4 is 12.0 Å². The molecule has 1 aliphatic carbocycles. The Labute approximate surface area is 107 Å². The molecule has 1 saturated carbocycles. The van der Waals surface area contributed by atoms with Crippen molar-refractivity contribution < 1.29 is 19.4 Å². The third-order valence-corrected chi connectivity index (χ3v) is 2.82. The Bertz CT molecular complexity index is 292. The second kappa shape index (κ2) is 7.20. The highest BCUT2D eigenvalue weighted by Gasteiger charge is 2.30. The minimum Gasteiger partial charge on any atom is -0.480 e. The van der Waals surface area contributed by atoms with Crippen molar-refractivity contribution in [3.05, 3.63) is 0 Å². The molecular formula is C12H22N2O4. The van der Waals surface area contributed by atoms with Crippen LogP contribution in [0.2, 0.25) is 0 Å². The summed E-state index contributed by atoms with van der Waals surface area (Å²) in [6.07, 6.45) is 2.64. The van der Waals surface area contributed by atoms with Crippen molar-refractivity contribution in [1.29, 1.82) is 0 Å². The van der Waals surface area contributed by atoms with Crippen LogP contribution in [-0.2, 0) is 9.53 Å². The lowest BCUT2D eigenvalue weighted by molar-refractivity contribution is -0.139. The van der Waals surface area contributed by atoms with Crippen molar-refractivity contribution in [2.24, 2.45) is 5.92 Å². The van der Waals surface area contributed by atoms with Gasteiger partial charge in [0.1, 0.15) is 6.04 Å². The molecule has 1 fully saturated rings. The third-order valence-electron chi connectivity index (χ3n) is 2.82. The Morgan fingerprint density at radius 1 is 1.39 bits per heavy atom. The number of carboxylic acids is 1. The fourth-order valence-corrected chi connectivity index (χ4v) is 1.67. The first-order valence-corrected chi connectivity index (χ1v) is 6.40. The molecule has 6 heteroatoms. The lowest BCUT2D eigenvalue weighted by atomic mass is 10.1. The number of carboxylic acid groups (broad SMARTS) is 1. The fraction of sp³-hybridized carbons (Fsp3) is 0.833. The van der Waals surface area contributed by atoms with Crippen LogP contribution in [0.1, 0.15) is 33.1 Å². The Morgan fingerprint density at radius 3 is 2.56 bits per heavy atom. The summed E-state index contributed by atoms with van der Waals surface area (Å²) >= 11 is 0. The highest BCUT2D eigenvalue weighted by Crippen LogP contribution is 2.33. The lowest BCUT2D eigenvalue weighted by Gasteiger charge is -2.18. The monoisotopic (exact) mass is 258 g/mol. The molecule has 104 valence electrons. The van der Waals surface area contributed by atoms with Crippen LogP contribution >= 0.6 is 0 Å². The number of ether oxygens (including phenoxy) is 1. The third kappa shape index (κ3) is 5.86. The van der Waals surface area contributed by atoms with E-state index >= 15 is 0 Å². The first-order valence-electron chi connectivity index (χ1n) is 6.40. The minimum absolute atomic E-state index is 0.139. The van der Waals surface area contributed by atoms with E-state index in [1.807, 2.05) is 13.8 Å². The van der Waals surface area contributed by atoms with Crippen LogP contribution in [-0.4, -0.2) is 42.4 Å². The quantitative estimate of drug-likeness (QED) is 0.605.